The predicted molar refractivity (Wildman–Crippen MR) is 109 cm³/mol. The average Bonchev–Trinajstić information content (AvgIpc) is 3.29. The van der Waals surface area contributed by atoms with E-state index in [0.717, 1.165) is 11.2 Å². The molecule has 0 unspecified atom stereocenters. The molecule has 136 valence electrons. The lowest BCUT2D eigenvalue weighted by atomic mass is 10.2. The van der Waals surface area contributed by atoms with E-state index in [1.165, 1.54) is 11.3 Å². The molecule has 0 aliphatic rings. The molecule has 0 saturated carbocycles. The number of aromatic amines is 1. The van der Waals surface area contributed by atoms with Gasteiger partial charge >= 0.3 is 0 Å². The van der Waals surface area contributed by atoms with Crippen LogP contribution in [0, 0.1) is 0 Å². The Bertz CT molecular complexity index is 1110. The van der Waals surface area contributed by atoms with E-state index in [4.69, 9.17) is 27.9 Å². The monoisotopic (exact) mass is 417 g/mol. The topological polar surface area (TPSA) is 67.0 Å². The predicted octanol–water partition coefficient (Wildman–Crippen LogP) is 5.76. The summed E-state index contributed by atoms with van der Waals surface area (Å²) in [6.45, 7) is 0.321. The first-order valence-corrected chi connectivity index (χ1v) is 9.68. The Morgan fingerprint density at radius 2 is 2.07 bits per heavy atom. The number of benzene rings is 2. The highest BCUT2D eigenvalue weighted by atomic mass is 35.5. The lowest BCUT2D eigenvalue weighted by Gasteiger charge is -2.11. The summed E-state index contributed by atoms with van der Waals surface area (Å²) >= 11 is 13.9. The van der Waals surface area contributed by atoms with E-state index in [0.29, 0.717) is 33.5 Å². The molecule has 0 spiro atoms. The van der Waals surface area contributed by atoms with Gasteiger partial charge in [-0.25, -0.2) is 4.98 Å². The first kappa shape index (κ1) is 17.9. The number of fused-ring (bicyclic) bond motifs is 1. The van der Waals surface area contributed by atoms with Crippen molar-refractivity contribution in [2.24, 2.45) is 0 Å². The second kappa shape index (κ2) is 7.60. The summed E-state index contributed by atoms with van der Waals surface area (Å²) in [5.41, 5.74) is 4.13. The van der Waals surface area contributed by atoms with Gasteiger partial charge in [0.2, 0.25) is 0 Å². The van der Waals surface area contributed by atoms with E-state index < -0.39 is 0 Å². The van der Waals surface area contributed by atoms with Crippen LogP contribution in [-0.4, -0.2) is 15.9 Å². The molecule has 2 aromatic heterocycles. The van der Waals surface area contributed by atoms with Gasteiger partial charge in [0.1, 0.15) is 18.1 Å². The number of anilines is 1. The van der Waals surface area contributed by atoms with Gasteiger partial charge in [0.15, 0.2) is 0 Å². The number of H-pyrrole nitrogens is 1. The van der Waals surface area contributed by atoms with Gasteiger partial charge in [-0.1, -0.05) is 35.3 Å². The second-order valence-electron chi connectivity index (χ2n) is 5.72. The molecule has 27 heavy (non-hydrogen) atoms. The molecule has 0 aliphatic heterocycles. The van der Waals surface area contributed by atoms with Crippen LogP contribution in [0.15, 0.2) is 53.4 Å². The zero-order valence-corrected chi connectivity index (χ0v) is 16.2. The minimum absolute atomic E-state index is 0.267. The Morgan fingerprint density at radius 3 is 2.89 bits per heavy atom. The highest BCUT2D eigenvalue weighted by Gasteiger charge is 2.18. The Kier molecular flexibility index (Phi) is 5.03. The van der Waals surface area contributed by atoms with Crippen LogP contribution in [0.3, 0.4) is 0 Å². The normalized spacial score (nSPS) is 10.9. The number of rotatable bonds is 5. The molecule has 0 radical (unpaired) electrons. The lowest BCUT2D eigenvalue weighted by molar-refractivity contribution is 0.102. The van der Waals surface area contributed by atoms with Crippen LogP contribution < -0.4 is 10.1 Å². The van der Waals surface area contributed by atoms with Crippen LogP contribution in [0.4, 0.5) is 5.69 Å². The Morgan fingerprint density at radius 1 is 1.22 bits per heavy atom. The quantitative estimate of drug-likeness (QED) is 0.433. The highest BCUT2D eigenvalue weighted by Crippen LogP contribution is 2.31. The number of para-hydroxylation sites is 2. The first-order chi connectivity index (χ1) is 13.1. The van der Waals surface area contributed by atoms with Crippen molar-refractivity contribution in [3.63, 3.8) is 0 Å². The van der Waals surface area contributed by atoms with Crippen molar-refractivity contribution in [3.05, 3.63) is 74.8 Å². The molecule has 0 aliphatic carbocycles. The van der Waals surface area contributed by atoms with Crippen molar-refractivity contribution in [2.75, 3.05) is 5.32 Å². The van der Waals surface area contributed by atoms with Gasteiger partial charge in [-0.2, -0.15) is 0 Å². The molecule has 2 N–H and O–H groups in total. The van der Waals surface area contributed by atoms with E-state index in [-0.39, 0.29) is 11.6 Å². The molecule has 2 heterocycles. The maximum absolute atomic E-state index is 12.7. The number of nitrogens with one attached hydrogen (secondary N) is 2. The van der Waals surface area contributed by atoms with Gasteiger partial charge < -0.3 is 15.0 Å². The number of carbonyl (C=O) groups is 1. The van der Waals surface area contributed by atoms with Gasteiger partial charge in [0.25, 0.3) is 5.91 Å². The number of hydrogen-bond acceptors (Lipinski definition) is 4. The number of amides is 1. The molecule has 1 amide bonds. The van der Waals surface area contributed by atoms with Crippen molar-refractivity contribution >= 4 is 57.0 Å². The largest absolute Gasteiger partial charge is 0.485 e. The number of nitrogens with zero attached hydrogens (tertiary/aromatic N) is 1. The zero-order valence-electron chi connectivity index (χ0n) is 13.8. The fourth-order valence-corrected chi connectivity index (χ4v) is 3.63. The maximum atomic E-state index is 12.7. The van der Waals surface area contributed by atoms with Crippen LogP contribution in [0.2, 0.25) is 10.0 Å². The van der Waals surface area contributed by atoms with E-state index in [1.807, 2.05) is 17.5 Å². The fraction of sp³-hybridized carbons (Fsp3) is 0.0526. The number of hydrogen-bond donors (Lipinski definition) is 2. The molecule has 0 atom stereocenters. The third-order valence-electron chi connectivity index (χ3n) is 3.92. The summed E-state index contributed by atoms with van der Waals surface area (Å²) in [4.78, 5) is 20.0. The molecule has 5 nitrogen and oxygen atoms in total. The smallest absolute Gasteiger partial charge is 0.273 e. The standard InChI is InChI=1S/C19H13Cl2N3O2S/c20-11-5-6-14-13(7-11)17(21)18(23-14)19(25)24-15-3-1-2-4-16(15)26-8-12-9-27-10-22-12/h1-7,9-10,23H,8H2,(H,24,25). The van der Waals surface area contributed by atoms with Crippen LogP contribution in [0.25, 0.3) is 10.9 Å². The summed E-state index contributed by atoms with van der Waals surface area (Å²) in [5.74, 6) is 0.186. The molecule has 0 saturated heterocycles. The molecule has 4 rings (SSSR count). The summed E-state index contributed by atoms with van der Waals surface area (Å²) < 4.78 is 5.79. The summed E-state index contributed by atoms with van der Waals surface area (Å²) in [7, 11) is 0. The minimum Gasteiger partial charge on any atom is -0.485 e. The van der Waals surface area contributed by atoms with Crippen molar-refractivity contribution in [1.82, 2.24) is 9.97 Å². The van der Waals surface area contributed by atoms with Crippen molar-refractivity contribution in [2.45, 2.75) is 6.61 Å². The lowest BCUT2D eigenvalue weighted by Crippen LogP contribution is -2.13. The third kappa shape index (κ3) is 3.78. The minimum atomic E-state index is -0.364. The second-order valence-corrected chi connectivity index (χ2v) is 7.26. The summed E-state index contributed by atoms with van der Waals surface area (Å²) in [6.07, 6.45) is 0. The van der Waals surface area contributed by atoms with Gasteiger partial charge in [-0.3, -0.25) is 4.79 Å². The van der Waals surface area contributed by atoms with E-state index in [9.17, 15) is 4.79 Å². The van der Waals surface area contributed by atoms with Crippen molar-refractivity contribution in [1.29, 1.82) is 0 Å². The number of carbonyl (C=O) groups excluding carboxylic acids is 1. The highest BCUT2D eigenvalue weighted by molar-refractivity contribution is 7.07. The molecule has 4 aromatic rings. The van der Waals surface area contributed by atoms with Gasteiger partial charge in [-0.05, 0) is 30.3 Å². The molecule has 0 fully saturated rings. The number of halogens is 2. The molecular formula is C19H13Cl2N3O2S. The number of thiazole rings is 1. The summed E-state index contributed by atoms with van der Waals surface area (Å²) in [5, 5.41) is 6.33. The van der Waals surface area contributed by atoms with Gasteiger partial charge in [-0.15, -0.1) is 11.3 Å². The molecule has 0 bridgehead atoms. The van der Waals surface area contributed by atoms with E-state index in [2.05, 4.69) is 15.3 Å². The average molecular weight is 418 g/mol. The SMILES string of the molecule is O=C(Nc1ccccc1OCc1cscn1)c1[nH]c2ccc(Cl)cc2c1Cl. The fourth-order valence-electron chi connectivity index (χ4n) is 2.63. The van der Waals surface area contributed by atoms with Crippen LogP contribution in [0.5, 0.6) is 5.75 Å². The van der Waals surface area contributed by atoms with Gasteiger partial charge in [0, 0.05) is 21.3 Å². The maximum Gasteiger partial charge on any atom is 0.273 e. The molecular weight excluding hydrogens is 405 g/mol. The molecule has 2 aromatic carbocycles. The van der Waals surface area contributed by atoms with E-state index >= 15 is 0 Å². The summed E-state index contributed by atoms with van der Waals surface area (Å²) in [6, 6.07) is 12.4. The first-order valence-electron chi connectivity index (χ1n) is 7.99. The third-order valence-corrected chi connectivity index (χ3v) is 5.18. The Hall–Kier alpha value is -2.54. The van der Waals surface area contributed by atoms with Crippen LogP contribution in [0.1, 0.15) is 16.2 Å². The number of aromatic nitrogens is 2. The van der Waals surface area contributed by atoms with Gasteiger partial charge in [0.05, 0.1) is 21.9 Å². The Labute approximate surface area is 168 Å². The molecule has 8 heteroatoms. The van der Waals surface area contributed by atoms with Crippen molar-refractivity contribution < 1.29 is 9.53 Å². The Balaban J connectivity index is 1.57. The van der Waals surface area contributed by atoms with Crippen molar-refractivity contribution in [3.8, 4) is 5.75 Å². The van der Waals surface area contributed by atoms with E-state index in [1.54, 1.807) is 35.8 Å². The van der Waals surface area contributed by atoms with Crippen LogP contribution in [-0.2, 0) is 6.61 Å². The number of ether oxygens (including phenoxy) is 1. The zero-order chi connectivity index (χ0) is 18.8. The van der Waals surface area contributed by atoms with Crippen LogP contribution >= 0.6 is 34.5 Å².